The molecule has 0 aromatic carbocycles. The number of carbonyl (C=O) groups excluding carboxylic acids is 3. The normalized spacial score (nSPS) is 13.0. The first-order chi connectivity index (χ1) is 28.9. The average Bonchev–Trinajstić information content (AvgIpc) is 3.24. The third-order valence-corrected chi connectivity index (χ3v) is 12.3. The Balaban J connectivity index is 4.60. The molecule has 59 heavy (non-hydrogen) atoms. The smallest absolute Gasteiger partial charge is 0.193 e. The molecule has 0 rings (SSSR count). The molecule has 4 nitrogen and oxygen atoms in total. The Bertz CT molecular complexity index is 899. The highest BCUT2D eigenvalue weighted by Gasteiger charge is 2.46. The van der Waals surface area contributed by atoms with Gasteiger partial charge in [0.15, 0.2) is 22.9 Å². The largest absolute Gasteiger partial charge is 0.307 e. The van der Waals surface area contributed by atoms with Gasteiger partial charge in [-0.05, 0) is 96.3 Å². The standard InChI is InChI=1S/C55H101NO3/c1-4-7-10-13-16-19-22-25-28-31-34-37-40-43-46-49-52(57)55(56,53(58)50-47-44-41-38-35-32-29-26-23-20-17-14-11-8-5-2)54(59)51-48-45-42-39-36-33-30-27-24-21-18-15-12-9-6-3/h25-30H,4-24,31-51,56H2,1-3H3. The van der Waals surface area contributed by atoms with E-state index in [9.17, 15) is 14.4 Å². The van der Waals surface area contributed by atoms with Crippen LogP contribution >= 0.6 is 0 Å². The quantitative estimate of drug-likeness (QED) is 0.0377. The summed E-state index contributed by atoms with van der Waals surface area (Å²) in [5.41, 5.74) is 4.68. The molecule has 0 spiro atoms. The zero-order valence-electron chi connectivity index (χ0n) is 40.0. The summed E-state index contributed by atoms with van der Waals surface area (Å²) in [6.07, 6.45) is 61.0. The molecule has 4 heteroatoms. The Morgan fingerprint density at radius 1 is 0.288 bits per heavy atom. The molecule has 0 atom stereocenters. The summed E-state index contributed by atoms with van der Waals surface area (Å²) in [5.74, 6) is -1.03. The van der Waals surface area contributed by atoms with Crippen LogP contribution in [0, 0.1) is 0 Å². The van der Waals surface area contributed by atoms with Gasteiger partial charge in [0.25, 0.3) is 0 Å². The average molecular weight is 824 g/mol. The molecular formula is C55H101NO3. The summed E-state index contributed by atoms with van der Waals surface area (Å²) >= 11 is 0. The number of hydrogen-bond donors (Lipinski definition) is 1. The molecule has 344 valence electrons. The second-order valence-corrected chi connectivity index (χ2v) is 18.1. The Kier molecular flexibility index (Phi) is 44.3. The van der Waals surface area contributed by atoms with Crippen LogP contribution in [0.2, 0.25) is 0 Å². The second kappa shape index (κ2) is 45.7. The Morgan fingerprint density at radius 2 is 0.458 bits per heavy atom. The van der Waals surface area contributed by atoms with E-state index in [0.717, 1.165) is 77.0 Å². The van der Waals surface area contributed by atoms with E-state index in [2.05, 4.69) is 57.2 Å². The minimum absolute atomic E-state index is 0.227. The van der Waals surface area contributed by atoms with E-state index in [1.165, 1.54) is 154 Å². The number of ketones is 3. The zero-order valence-corrected chi connectivity index (χ0v) is 40.0. The molecule has 0 bridgehead atoms. The Hall–Kier alpha value is -1.81. The van der Waals surface area contributed by atoms with E-state index >= 15 is 0 Å². The van der Waals surface area contributed by atoms with Gasteiger partial charge in [0.1, 0.15) is 0 Å². The van der Waals surface area contributed by atoms with Crippen LogP contribution in [0.4, 0.5) is 0 Å². The van der Waals surface area contributed by atoms with Crippen LogP contribution in [-0.2, 0) is 14.4 Å². The van der Waals surface area contributed by atoms with Crippen LogP contribution in [0.15, 0.2) is 36.5 Å². The lowest BCUT2D eigenvalue weighted by Gasteiger charge is -2.25. The first kappa shape index (κ1) is 57.2. The van der Waals surface area contributed by atoms with E-state index in [4.69, 9.17) is 5.73 Å². The Morgan fingerprint density at radius 3 is 0.661 bits per heavy atom. The van der Waals surface area contributed by atoms with Crippen molar-refractivity contribution in [3.05, 3.63) is 36.5 Å². The van der Waals surface area contributed by atoms with Crippen molar-refractivity contribution in [3.8, 4) is 0 Å². The van der Waals surface area contributed by atoms with Gasteiger partial charge in [0, 0.05) is 19.3 Å². The van der Waals surface area contributed by atoms with Crippen LogP contribution in [-0.4, -0.2) is 22.9 Å². The zero-order chi connectivity index (χ0) is 43.2. The van der Waals surface area contributed by atoms with Crippen LogP contribution in [0.1, 0.15) is 290 Å². The molecule has 0 aliphatic carbocycles. The van der Waals surface area contributed by atoms with E-state index in [1.54, 1.807) is 0 Å². The summed E-state index contributed by atoms with van der Waals surface area (Å²) < 4.78 is 0. The van der Waals surface area contributed by atoms with Crippen molar-refractivity contribution < 1.29 is 14.4 Å². The molecule has 0 fully saturated rings. The molecule has 0 aliphatic heterocycles. The fourth-order valence-corrected chi connectivity index (χ4v) is 8.13. The maximum atomic E-state index is 13.6. The maximum Gasteiger partial charge on any atom is 0.193 e. The number of Topliss-reactive ketones (excluding diaryl/α,β-unsaturated/α-hetero) is 3. The van der Waals surface area contributed by atoms with Gasteiger partial charge < -0.3 is 5.73 Å². The highest BCUT2D eigenvalue weighted by atomic mass is 16.2. The number of hydrogen-bond acceptors (Lipinski definition) is 4. The molecule has 0 aromatic heterocycles. The topological polar surface area (TPSA) is 77.2 Å². The molecular weight excluding hydrogens is 723 g/mol. The number of carbonyl (C=O) groups is 3. The van der Waals surface area contributed by atoms with E-state index < -0.39 is 5.54 Å². The lowest BCUT2D eigenvalue weighted by Crippen LogP contribution is -2.61. The summed E-state index contributed by atoms with van der Waals surface area (Å²) in [6, 6.07) is 0. The lowest BCUT2D eigenvalue weighted by molar-refractivity contribution is -0.142. The Labute approximate surface area is 368 Å². The summed E-state index contributed by atoms with van der Waals surface area (Å²) in [6.45, 7) is 6.79. The van der Waals surface area contributed by atoms with E-state index in [-0.39, 0.29) is 36.6 Å². The van der Waals surface area contributed by atoms with E-state index in [0.29, 0.717) is 19.3 Å². The number of unbranched alkanes of at least 4 members (excludes halogenated alkanes) is 33. The maximum absolute atomic E-state index is 13.6. The third-order valence-electron chi connectivity index (χ3n) is 12.3. The predicted octanol–water partition coefficient (Wildman–Crippen LogP) is 17.5. The minimum Gasteiger partial charge on any atom is -0.307 e. The summed E-state index contributed by atoms with van der Waals surface area (Å²) in [7, 11) is 0. The van der Waals surface area contributed by atoms with Crippen molar-refractivity contribution in [2.45, 2.75) is 296 Å². The van der Waals surface area contributed by atoms with Gasteiger partial charge in [0.05, 0.1) is 0 Å². The second-order valence-electron chi connectivity index (χ2n) is 18.1. The number of nitrogens with two attached hydrogens (primary N) is 1. The van der Waals surface area contributed by atoms with Crippen molar-refractivity contribution in [2.75, 3.05) is 0 Å². The first-order valence-electron chi connectivity index (χ1n) is 26.3. The molecule has 0 aliphatic rings. The van der Waals surface area contributed by atoms with Gasteiger partial charge in [-0.3, -0.25) is 14.4 Å². The molecule has 0 saturated carbocycles. The lowest BCUT2D eigenvalue weighted by atomic mass is 9.79. The third kappa shape index (κ3) is 36.6. The molecule has 0 saturated heterocycles. The fraction of sp³-hybridized carbons (Fsp3) is 0.836. The van der Waals surface area contributed by atoms with Gasteiger partial charge in [-0.2, -0.15) is 0 Å². The van der Waals surface area contributed by atoms with Crippen molar-refractivity contribution in [1.82, 2.24) is 0 Å². The molecule has 0 heterocycles. The monoisotopic (exact) mass is 824 g/mol. The summed E-state index contributed by atoms with van der Waals surface area (Å²) in [5, 5.41) is 0. The van der Waals surface area contributed by atoms with Crippen LogP contribution in [0.3, 0.4) is 0 Å². The predicted molar refractivity (Wildman–Crippen MR) is 260 cm³/mol. The minimum atomic E-state index is -1.96. The molecule has 0 amide bonds. The molecule has 2 N–H and O–H groups in total. The number of allylic oxidation sites excluding steroid dienone is 6. The van der Waals surface area contributed by atoms with Crippen LogP contribution in [0.5, 0.6) is 0 Å². The van der Waals surface area contributed by atoms with Crippen molar-refractivity contribution in [3.63, 3.8) is 0 Å². The SMILES string of the molecule is CCCCCCCCC=CCCCCCCCC(=O)C(N)(C(=O)CCCCCCCC=CCCCCCCCC)C(=O)CCCCCCCC=CCCCCCCCC. The highest BCUT2D eigenvalue weighted by Crippen LogP contribution is 2.21. The van der Waals surface area contributed by atoms with Gasteiger partial charge in [-0.25, -0.2) is 0 Å². The van der Waals surface area contributed by atoms with Gasteiger partial charge in [-0.1, -0.05) is 211 Å². The van der Waals surface area contributed by atoms with Gasteiger partial charge >= 0.3 is 0 Å². The summed E-state index contributed by atoms with van der Waals surface area (Å²) in [4.78, 5) is 40.8. The fourth-order valence-electron chi connectivity index (χ4n) is 8.13. The molecule has 0 unspecified atom stereocenters. The van der Waals surface area contributed by atoms with Crippen molar-refractivity contribution >= 4 is 17.3 Å². The van der Waals surface area contributed by atoms with Crippen molar-refractivity contribution in [2.24, 2.45) is 5.73 Å². The number of rotatable bonds is 48. The van der Waals surface area contributed by atoms with Crippen molar-refractivity contribution in [1.29, 1.82) is 0 Å². The van der Waals surface area contributed by atoms with Gasteiger partial charge in [0.2, 0.25) is 0 Å². The molecule has 0 aromatic rings. The van der Waals surface area contributed by atoms with E-state index in [1.807, 2.05) is 0 Å². The molecule has 0 radical (unpaired) electrons. The highest BCUT2D eigenvalue weighted by molar-refractivity contribution is 6.29. The van der Waals surface area contributed by atoms with Crippen LogP contribution < -0.4 is 5.73 Å². The first-order valence-corrected chi connectivity index (χ1v) is 26.3. The van der Waals surface area contributed by atoms with Crippen LogP contribution in [0.25, 0.3) is 0 Å². The van der Waals surface area contributed by atoms with Gasteiger partial charge in [-0.15, -0.1) is 0 Å².